The Balaban J connectivity index is 1.48. The normalized spacial score (nSPS) is 19.7. The van der Waals surface area contributed by atoms with Crippen LogP contribution in [-0.2, 0) is 0 Å². The van der Waals surface area contributed by atoms with Crippen molar-refractivity contribution >= 4 is 16.9 Å². The van der Waals surface area contributed by atoms with E-state index in [1.54, 1.807) is 18.5 Å². The Morgan fingerprint density at radius 2 is 1.93 bits per heavy atom. The quantitative estimate of drug-likeness (QED) is 0.492. The fraction of sp³-hybridized carbons (Fsp3) is 0.300. The molecule has 0 aliphatic heterocycles. The molecule has 5 N–H and O–H groups in total. The van der Waals surface area contributed by atoms with Crippen molar-refractivity contribution in [1.29, 1.82) is 0 Å². The Bertz CT molecular complexity index is 1170. The van der Waals surface area contributed by atoms with E-state index in [2.05, 4.69) is 25.0 Å². The summed E-state index contributed by atoms with van der Waals surface area (Å²) >= 11 is 0. The van der Waals surface area contributed by atoms with Gasteiger partial charge in [-0.25, -0.2) is 19.3 Å². The van der Waals surface area contributed by atoms with E-state index in [0.717, 1.165) is 31.2 Å². The van der Waals surface area contributed by atoms with Gasteiger partial charge in [-0.15, -0.1) is 0 Å². The lowest BCUT2D eigenvalue weighted by Crippen LogP contribution is -2.27. The first-order valence-electron chi connectivity index (χ1n) is 9.65. The van der Waals surface area contributed by atoms with Crippen LogP contribution < -0.4 is 11.5 Å². The van der Waals surface area contributed by atoms with Gasteiger partial charge in [-0.2, -0.15) is 5.10 Å². The van der Waals surface area contributed by atoms with E-state index in [1.165, 1.54) is 12.1 Å². The zero-order valence-electron chi connectivity index (χ0n) is 15.7. The lowest BCUT2D eigenvalue weighted by atomic mass is 9.92. The second-order valence-corrected chi connectivity index (χ2v) is 7.51. The molecule has 0 spiro atoms. The van der Waals surface area contributed by atoms with E-state index in [9.17, 15) is 4.39 Å². The summed E-state index contributed by atoms with van der Waals surface area (Å²) in [4.78, 5) is 16.5. The number of rotatable bonds is 3. The molecule has 3 heterocycles. The highest BCUT2D eigenvalue weighted by molar-refractivity contribution is 5.81. The van der Waals surface area contributed by atoms with Crippen molar-refractivity contribution < 1.29 is 4.39 Å². The molecule has 1 fully saturated rings. The molecule has 8 nitrogen and oxygen atoms in total. The molecule has 0 unspecified atom stereocenters. The van der Waals surface area contributed by atoms with Gasteiger partial charge in [0.25, 0.3) is 0 Å². The van der Waals surface area contributed by atoms with Crippen LogP contribution in [-0.4, -0.2) is 35.8 Å². The SMILES string of the molecule is Nc1ncc(-c2cnn(C3CCC(N)CC3)c2)nc1-c1nc2ccc(F)cc2[nH]1. The molecule has 1 aromatic carbocycles. The number of nitrogens with two attached hydrogens (primary N) is 2. The van der Waals surface area contributed by atoms with Crippen molar-refractivity contribution in [1.82, 2.24) is 29.7 Å². The zero-order valence-corrected chi connectivity index (χ0v) is 15.7. The fourth-order valence-corrected chi connectivity index (χ4v) is 3.84. The molecule has 0 bridgehead atoms. The van der Waals surface area contributed by atoms with Crippen molar-refractivity contribution in [2.75, 3.05) is 5.73 Å². The summed E-state index contributed by atoms with van der Waals surface area (Å²) in [6.07, 6.45) is 9.47. The Morgan fingerprint density at radius 1 is 1.10 bits per heavy atom. The molecule has 1 saturated carbocycles. The van der Waals surface area contributed by atoms with Crippen LogP contribution in [0, 0.1) is 5.82 Å². The minimum absolute atomic E-state index is 0.252. The van der Waals surface area contributed by atoms with Crippen molar-refractivity contribution in [2.24, 2.45) is 5.73 Å². The minimum Gasteiger partial charge on any atom is -0.382 e. The van der Waals surface area contributed by atoms with E-state index in [1.807, 2.05) is 10.9 Å². The standard InChI is InChI=1S/C20H21FN8/c21-12-1-6-15-16(7-12)28-20(27-15)18-19(23)24-9-17(26-18)11-8-25-29(10-11)14-4-2-13(22)3-5-14/h1,6-10,13-14H,2-5,22H2,(H2,23,24)(H,27,28). The number of nitrogens with zero attached hydrogens (tertiary/aromatic N) is 5. The summed E-state index contributed by atoms with van der Waals surface area (Å²) < 4.78 is 15.5. The topological polar surface area (TPSA) is 124 Å². The Hall–Kier alpha value is -3.33. The van der Waals surface area contributed by atoms with Crippen LogP contribution >= 0.6 is 0 Å². The van der Waals surface area contributed by atoms with Crippen molar-refractivity contribution in [3.05, 3.63) is 42.6 Å². The van der Waals surface area contributed by atoms with Gasteiger partial charge >= 0.3 is 0 Å². The number of benzene rings is 1. The highest BCUT2D eigenvalue weighted by Crippen LogP contribution is 2.30. The molecule has 29 heavy (non-hydrogen) atoms. The molecule has 0 atom stereocenters. The molecule has 0 amide bonds. The number of nitrogen functional groups attached to an aromatic ring is 1. The van der Waals surface area contributed by atoms with Crippen LogP contribution in [0.2, 0.25) is 0 Å². The van der Waals surface area contributed by atoms with Gasteiger partial charge in [0.2, 0.25) is 0 Å². The van der Waals surface area contributed by atoms with Gasteiger partial charge in [0.15, 0.2) is 11.6 Å². The summed E-state index contributed by atoms with van der Waals surface area (Å²) in [7, 11) is 0. The predicted molar refractivity (Wildman–Crippen MR) is 108 cm³/mol. The highest BCUT2D eigenvalue weighted by atomic mass is 19.1. The lowest BCUT2D eigenvalue weighted by Gasteiger charge is -2.26. The highest BCUT2D eigenvalue weighted by Gasteiger charge is 2.21. The monoisotopic (exact) mass is 392 g/mol. The second kappa shape index (κ2) is 6.93. The molecule has 3 aromatic heterocycles. The number of anilines is 1. The third-order valence-corrected chi connectivity index (χ3v) is 5.48. The minimum atomic E-state index is -0.336. The number of H-pyrrole nitrogens is 1. The van der Waals surface area contributed by atoms with Crippen LogP contribution in [0.4, 0.5) is 10.2 Å². The molecule has 0 saturated heterocycles. The molecule has 5 rings (SSSR count). The molecule has 9 heteroatoms. The average molecular weight is 392 g/mol. The fourth-order valence-electron chi connectivity index (χ4n) is 3.84. The third-order valence-electron chi connectivity index (χ3n) is 5.48. The summed E-state index contributed by atoms with van der Waals surface area (Å²) in [5.74, 6) is 0.365. The van der Waals surface area contributed by atoms with Crippen molar-refractivity contribution in [2.45, 2.75) is 37.8 Å². The molecule has 1 aliphatic rings. The number of halogens is 1. The average Bonchev–Trinajstić information content (AvgIpc) is 3.36. The molecular formula is C20H21FN8. The first-order valence-corrected chi connectivity index (χ1v) is 9.65. The maximum Gasteiger partial charge on any atom is 0.161 e. The Kier molecular flexibility index (Phi) is 4.24. The number of hydrogen-bond donors (Lipinski definition) is 3. The number of aromatic amines is 1. The van der Waals surface area contributed by atoms with Gasteiger partial charge in [0, 0.05) is 17.8 Å². The summed E-state index contributed by atoms with van der Waals surface area (Å²) in [6, 6.07) is 5.02. The molecule has 1 aliphatic carbocycles. The van der Waals surface area contributed by atoms with E-state index >= 15 is 0 Å². The second-order valence-electron chi connectivity index (χ2n) is 7.51. The predicted octanol–water partition coefficient (Wildman–Crippen LogP) is 3.05. The van der Waals surface area contributed by atoms with Gasteiger partial charge < -0.3 is 16.5 Å². The zero-order chi connectivity index (χ0) is 20.0. The van der Waals surface area contributed by atoms with Gasteiger partial charge in [-0.3, -0.25) is 4.68 Å². The van der Waals surface area contributed by atoms with Crippen molar-refractivity contribution in [3.8, 4) is 22.8 Å². The maximum absolute atomic E-state index is 13.5. The van der Waals surface area contributed by atoms with Gasteiger partial charge in [-0.1, -0.05) is 0 Å². The Labute approximate surface area is 166 Å². The number of nitrogens with one attached hydrogen (secondary N) is 1. The largest absolute Gasteiger partial charge is 0.382 e. The van der Waals surface area contributed by atoms with Crippen LogP contribution in [0.1, 0.15) is 31.7 Å². The third kappa shape index (κ3) is 3.33. The summed E-state index contributed by atoms with van der Waals surface area (Å²) in [5, 5.41) is 4.52. The first kappa shape index (κ1) is 17.7. The van der Waals surface area contributed by atoms with E-state index in [-0.39, 0.29) is 11.6 Å². The molecular weight excluding hydrogens is 371 g/mol. The van der Waals surface area contributed by atoms with Crippen molar-refractivity contribution in [3.63, 3.8) is 0 Å². The van der Waals surface area contributed by atoms with Gasteiger partial charge in [0.05, 0.1) is 35.2 Å². The first-order chi connectivity index (χ1) is 14.1. The van der Waals surface area contributed by atoms with Crippen LogP contribution in [0.25, 0.3) is 33.8 Å². The molecule has 0 radical (unpaired) electrons. The maximum atomic E-state index is 13.5. The number of aromatic nitrogens is 6. The lowest BCUT2D eigenvalue weighted by molar-refractivity contribution is 0.304. The van der Waals surface area contributed by atoms with Crippen LogP contribution in [0.15, 0.2) is 36.8 Å². The van der Waals surface area contributed by atoms with E-state index < -0.39 is 0 Å². The van der Waals surface area contributed by atoms with Gasteiger partial charge in [0.1, 0.15) is 11.5 Å². The van der Waals surface area contributed by atoms with Crippen LogP contribution in [0.3, 0.4) is 0 Å². The number of fused-ring (bicyclic) bond motifs is 1. The van der Waals surface area contributed by atoms with E-state index in [4.69, 9.17) is 11.5 Å². The molecule has 4 aromatic rings. The summed E-state index contributed by atoms with van der Waals surface area (Å²) in [6.45, 7) is 0. The Morgan fingerprint density at radius 3 is 2.76 bits per heavy atom. The smallest absolute Gasteiger partial charge is 0.161 e. The molecule has 148 valence electrons. The van der Waals surface area contributed by atoms with Gasteiger partial charge in [-0.05, 0) is 43.9 Å². The summed E-state index contributed by atoms with van der Waals surface area (Å²) in [5.41, 5.74) is 15.2. The number of hydrogen-bond acceptors (Lipinski definition) is 6. The van der Waals surface area contributed by atoms with Crippen LogP contribution in [0.5, 0.6) is 0 Å². The van der Waals surface area contributed by atoms with E-state index in [0.29, 0.717) is 40.3 Å². The number of imidazole rings is 1.